The first-order valence-electron chi connectivity index (χ1n) is 0.617. The summed E-state index contributed by atoms with van der Waals surface area (Å²) in [4.78, 5) is 0. The van der Waals surface area contributed by atoms with Gasteiger partial charge in [-0.1, -0.05) is 0 Å². The SMILES string of the molecule is [Fe+2].[Na+].[Ni+2].[O]=[Mn](=[O])([O-])[O-]. The van der Waals surface area contributed by atoms with Gasteiger partial charge in [0.25, 0.3) is 0 Å². The van der Waals surface area contributed by atoms with Crippen molar-refractivity contribution in [2.24, 2.45) is 0 Å². The molecule has 4 nitrogen and oxygen atoms in total. The Hall–Kier alpha value is 2.05. The Labute approximate surface area is 91.4 Å². The predicted molar refractivity (Wildman–Crippen MR) is 1.37 cm³/mol. The van der Waals surface area contributed by atoms with E-state index in [2.05, 4.69) is 0 Å². The summed E-state index contributed by atoms with van der Waals surface area (Å²) in [6.45, 7) is 0. The Morgan fingerprint density at radius 1 is 1.12 bits per heavy atom. The average Bonchev–Trinajstić information content (AvgIpc) is 0.722. The molecule has 0 aromatic carbocycles. The van der Waals surface area contributed by atoms with E-state index < -0.39 is 13.4 Å². The molecule has 0 unspecified atom stereocenters. The fourth-order valence-electron chi connectivity index (χ4n) is 0. The molecule has 47 valence electrons. The van der Waals surface area contributed by atoms with Gasteiger partial charge in [0.1, 0.15) is 0 Å². The van der Waals surface area contributed by atoms with Gasteiger partial charge in [-0.3, -0.25) is 0 Å². The molecule has 0 aromatic heterocycles. The van der Waals surface area contributed by atoms with Gasteiger partial charge in [0.15, 0.2) is 0 Å². The normalized spacial score (nSPS) is 7.25. The van der Waals surface area contributed by atoms with Crippen molar-refractivity contribution in [3.05, 3.63) is 0 Å². The third-order valence-electron chi connectivity index (χ3n) is 0. The van der Waals surface area contributed by atoms with Crippen LogP contribution in [0.5, 0.6) is 0 Å². The molecule has 0 atom stereocenters. The fraction of sp³-hybridized carbons (Fsp3) is 0. The Morgan fingerprint density at radius 3 is 1.12 bits per heavy atom. The van der Waals surface area contributed by atoms with Crippen molar-refractivity contribution in [1.29, 1.82) is 0 Å². The van der Waals surface area contributed by atoms with Crippen molar-refractivity contribution >= 4 is 0 Å². The molecule has 0 rings (SSSR count). The molecule has 0 saturated carbocycles. The first-order valence-corrected chi connectivity index (χ1v) is 2.54. The van der Waals surface area contributed by atoms with Crippen LogP contribution in [0.3, 0.4) is 0 Å². The Bertz CT molecular complexity index is 99.2. The van der Waals surface area contributed by atoms with Crippen LogP contribution in [-0.2, 0) is 54.6 Å². The van der Waals surface area contributed by atoms with Crippen molar-refractivity contribution in [3.8, 4) is 0 Å². The van der Waals surface area contributed by atoms with E-state index in [9.17, 15) is 0 Å². The first kappa shape index (κ1) is 22.5. The van der Waals surface area contributed by atoms with Gasteiger partial charge in [-0.05, 0) is 0 Å². The van der Waals surface area contributed by atoms with Crippen LogP contribution in [0.15, 0.2) is 0 Å². The molecule has 0 aliphatic rings. The van der Waals surface area contributed by atoms with Crippen LogP contribution in [0.25, 0.3) is 0 Å². The summed E-state index contributed by atoms with van der Waals surface area (Å²) in [6, 6.07) is 0. The van der Waals surface area contributed by atoms with Crippen molar-refractivity contribution in [1.82, 2.24) is 0 Å². The van der Waals surface area contributed by atoms with Gasteiger partial charge in [0.2, 0.25) is 0 Å². The van der Waals surface area contributed by atoms with Gasteiger partial charge >= 0.3 is 92.5 Å². The van der Waals surface area contributed by atoms with E-state index in [4.69, 9.17) is 16.0 Å². The van der Waals surface area contributed by atoms with Crippen molar-refractivity contribution in [3.63, 3.8) is 0 Å². The van der Waals surface area contributed by atoms with E-state index in [1.54, 1.807) is 0 Å². The molecular formula is FeMnNaNiO4+3. The third-order valence-corrected chi connectivity index (χ3v) is 0. The number of rotatable bonds is 0. The molecule has 0 radical (unpaired) electrons. The fourth-order valence-corrected chi connectivity index (χ4v) is 0. The maximum absolute atomic E-state index is 8.58. The molecule has 0 spiro atoms. The second kappa shape index (κ2) is 9.05. The van der Waals surface area contributed by atoms with Gasteiger partial charge in [0.05, 0.1) is 0 Å². The molecule has 8 heavy (non-hydrogen) atoms. The van der Waals surface area contributed by atoms with Crippen LogP contribution in [0, 0.1) is 0 Å². The summed E-state index contributed by atoms with van der Waals surface area (Å²) in [7, 11) is 0. The maximum atomic E-state index is 8.58. The minimum absolute atomic E-state index is 0. The molecule has 0 bridgehead atoms. The first-order chi connectivity index (χ1) is 2.00. The molecule has 0 aromatic rings. The third kappa shape index (κ3) is 95.1. The van der Waals surface area contributed by atoms with Crippen LogP contribution in [0.2, 0.25) is 0 Å². The van der Waals surface area contributed by atoms with Crippen LogP contribution < -0.4 is 37.9 Å². The zero-order chi connectivity index (χ0) is 4.50. The second-order valence-corrected chi connectivity index (χ2v) is 1.56. The van der Waals surface area contributed by atoms with Crippen molar-refractivity contribution in [2.75, 3.05) is 0 Å². The van der Waals surface area contributed by atoms with E-state index >= 15 is 0 Å². The molecule has 0 saturated heterocycles. The number of hydrogen-bond donors (Lipinski definition) is 0. The topological polar surface area (TPSA) is 80.3 Å². The zero-order valence-electron chi connectivity index (χ0n) is 3.68. The van der Waals surface area contributed by atoms with Crippen LogP contribution in [0.4, 0.5) is 0 Å². The Morgan fingerprint density at radius 2 is 1.12 bits per heavy atom. The van der Waals surface area contributed by atoms with Crippen molar-refractivity contribution in [2.45, 2.75) is 0 Å². The molecule has 0 heterocycles. The Kier molecular flexibility index (Phi) is 25.4. The Balaban J connectivity index is -0.0000000267. The van der Waals surface area contributed by atoms with Crippen LogP contribution >= 0.6 is 0 Å². The number of hydrogen-bond acceptors (Lipinski definition) is 4. The van der Waals surface area contributed by atoms with E-state index in [1.807, 2.05) is 0 Å². The molecule has 0 N–H and O–H groups in total. The average molecular weight is 256 g/mol. The predicted octanol–water partition coefficient (Wildman–Crippen LogP) is -5.62. The summed E-state index contributed by atoms with van der Waals surface area (Å²) in [6.07, 6.45) is 0. The molecule has 0 fully saturated rings. The molecule has 0 amide bonds. The summed E-state index contributed by atoms with van der Waals surface area (Å²) < 4.78 is 34.3. The summed E-state index contributed by atoms with van der Waals surface area (Å²) in [5, 5.41) is 0. The molecule has 0 aliphatic carbocycles. The van der Waals surface area contributed by atoms with Gasteiger partial charge in [-0.25, -0.2) is 0 Å². The second-order valence-electron chi connectivity index (χ2n) is 0.378. The van der Waals surface area contributed by atoms with E-state index in [-0.39, 0.29) is 63.1 Å². The minimum atomic E-state index is -5.62. The molecule has 8 heteroatoms. The van der Waals surface area contributed by atoms with E-state index in [1.165, 1.54) is 0 Å². The monoisotopic (exact) mass is 256 g/mol. The molecule has 0 aliphatic heterocycles. The van der Waals surface area contributed by atoms with Gasteiger partial charge in [-0.2, -0.15) is 0 Å². The van der Waals surface area contributed by atoms with Gasteiger partial charge in [0, 0.05) is 0 Å². The van der Waals surface area contributed by atoms with Gasteiger partial charge in [-0.15, -0.1) is 0 Å². The quantitative estimate of drug-likeness (QED) is 0.405. The molecular weight excluding hydrogens is 256 g/mol. The van der Waals surface area contributed by atoms with Crippen molar-refractivity contribution < 1.29 is 92.5 Å². The summed E-state index contributed by atoms with van der Waals surface area (Å²) >= 11 is -5.62. The summed E-state index contributed by atoms with van der Waals surface area (Å²) in [5.74, 6) is 0. The van der Waals surface area contributed by atoms with Crippen LogP contribution in [-0.4, -0.2) is 0 Å². The van der Waals surface area contributed by atoms with Gasteiger partial charge < -0.3 is 0 Å². The summed E-state index contributed by atoms with van der Waals surface area (Å²) in [5.41, 5.74) is 0. The van der Waals surface area contributed by atoms with E-state index in [0.29, 0.717) is 0 Å². The van der Waals surface area contributed by atoms with Crippen LogP contribution in [0.1, 0.15) is 0 Å². The van der Waals surface area contributed by atoms with E-state index in [0.717, 1.165) is 0 Å². The zero-order valence-corrected chi connectivity index (χ0v) is 8.95. The standard InChI is InChI=1S/Fe.Mn.Na.Ni.4O/q+2;;+1;+2;;;2*-1.